The molecule has 0 unspecified atom stereocenters. The predicted octanol–water partition coefficient (Wildman–Crippen LogP) is 3.18. The van der Waals surface area contributed by atoms with E-state index in [4.69, 9.17) is 11.6 Å². The second kappa shape index (κ2) is 5.04. The van der Waals surface area contributed by atoms with E-state index < -0.39 is 0 Å². The molecule has 0 aliphatic heterocycles. The summed E-state index contributed by atoms with van der Waals surface area (Å²) in [4.78, 5) is 8.83. The number of halogens is 1. The fourth-order valence-corrected chi connectivity index (χ4v) is 3.24. The summed E-state index contributed by atoms with van der Waals surface area (Å²) in [7, 11) is 0. The van der Waals surface area contributed by atoms with Crippen LogP contribution in [0.4, 0.5) is 5.82 Å². The second-order valence-corrected chi connectivity index (χ2v) is 6.03. The van der Waals surface area contributed by atoms with Crippen molar-refractivity contribution >= 4 is 17.4 Å². The van der Waals surface area contributed by atoms with Crippen molar-refractivity contribution in [2.24, 2.45) is 5.41 Å². The molecule has 0 bridgehead atoms. The Kier molecular flexibility index (Phi) is 3.42. The predicted molar refractivity (Wildman–Crippen MR) is 74.2 cm³/mol. The van der Waals surface area contributed by atoms with E-state index in [1.807, 2.05) is 0 Å². The number of rotatable bonds is 5. The van der Waals surface area contributed by atoms with Crippen LogP contribution in [0, 0.1) is 5.41 Å². The molecule has 18 heavy (non-hydrogen) atoms. The summed E-state index contributed by atoms with van der Waals surface area (Å²) >= 11 is 5.87. The Hall–Kier alpha value is -0.830. The Morgan fingerprint density at radius 2 is 2.06 bits per heavy atom. The number of alkyl halides is 1. The van der Waals surface area contributed by atoms with E-state index in [1.54, 1.807) is 6.33 Å². The minimum atomic E-state index is 0.453. The highest BCUT2D eigenvalue weighted by Gasteiger charge is 2.41. The van der Waals surface area contributed by atoms with Crippen LogP contribution < -0.4 is 5.32 Å². The molecule has 98 valence electrons. The molecule has 1 heterocycles. The molecule has 1 fully saturated rings. The van der Waals surface area contributed by atoms with Crippen LogP contribution in [0.2, 0.25) is 0 Å². The largest absolute Gasteiger partial charge is 0.369 e. The fourth-order valence-electron chi connectivity index (χ4n) is 2.84. The van der Waals surface area contributed by atoms with Gasteiger partial charge in [0.2, 0.25) is 0 Å². The SMILES string of the molecule is ClCCC1(CNc2ncnc3c2CCCC3)CC1. The lowest BCUT2D eigenvalue weighted by Gasteiger charge is -2.20. The highest BCUT2D eigenvalue weighted by Crippen LogP contribution is 2.49. The smallest absolute Gasteiger partial charge is 0.132 e. The lowest BCUT2D eigenvalue weighted by Crippen LogP contribution is -2.19. The lowest BCUT2D eigenvalue weighted by molar-refractivity contribution is 0.523. The Morgan fingerprint density at radius 1 is 1.22 bits per heavy atom. The molecule has 0 spiro atoms. The van der Waals surface area contributed by atoms with E-state index in [-0.39, 0.29) is 0 Å². The van der Waals surface area contributed by atoms with Gasteiger partial charge in [-0.1, -0.05) is 0 Å². The van der Waals surface area contributed by atoms with Gasteiger partial charge in [-0.3, -0.25) is 0 Å². The van der Waals surface area contributed by atoms with Crippen molar-refractivity contribution in [3.05, 3.63) is 17.6 Å². The molecule has 0 aromatic carbocycles. The molecule has 0 amide bonds. The number of hydrogen-bond acceptors (Lipinski definition) is 3. The fraction of sp³-hybridized carbons (Fsp3) is 0.714. The van der Waals surface area contributed by atoms with Gasteiger partial charge in [-0.25, -0.2) is 9.97 Å². The van der Waals surface area contributed by atoms with Gasteiger partial charge in [0.25, 0.3) is 0 Å². The first-order valence-electron chi connectivity index (χ1n) is 6.96. The molecular weight excluding hydrogens is 246 g/mol. The number of aryl methyl sites for hydroxylation is 1. The highest BCUT2D eigenvalue weighted by molar-refractivity contribution is 6.17. The highest BCUT2D eigenvalue weighted by atomic mass is 35.5. The number of nitrogens with zero attached hydrogens (tertiary/aromatic N) is 2. The van der Waals surface area contributed by atoms with Gasteiger partial charge in [-0.15, -0.1) is 11.6 Å². The van der Waals surface area contributed by atoms with Gasteiger partial charge in [0, 0.05) is 23.7 Å². The standard InChI is InChI=1S/C14H20ClN3/c15-8-7-14(5-6-14)9-16-13-11-3-1-2-4-12(11)17-10-18-13/h10H,1-9H2,(H,16,17,18). The summed E-state index contributed by atoms with van der Waals surface area (Å²) in [6, 6.07) is 0. The van der Waals surface area contributed by atoms with E-state index in [2.05, 4.69) is 15.3 Å². The monoisotopic (exact) mass is 265 g/mol. The second-order valence-electron chi connectivity index (χ2n) is 5.65. The zero-order valence-electron chi connectivity index (χ0n) is 10.7. The molecule has 1 saturated carbocycles. The maximum Gasteiger partial charge on any atom is 0.132 e. The van der Waals surface area contributed by atoms with Gasteiger partial charge in [0.05, 0.1) is 0 Å². The molecule has 1 aromatic rings. The molecule has 1 N–H and O–H groups in total. The minimum Gasteiger partial charge on any atom is -0.369 e. The van der Waals surface area contributed by atoms with Crippen molar-refractivity contribution in [1.29, 1.82) is 0 Å². The minimum absolute atomic E-state index is 0.453. The third-order valence-corrected chi connectivity index (χ3v) is 4.53. The average Bonchev–Trinajstić information content (AvgIpc) is 3.17. The molecule has 1 aromatic heterocycles. The summed E-state index contributed by atoms with van der Waals surface area (Å²) in [5, 5.41) is 3.55. The lowest BCUT2D eigenvalue weighted by atomic mass is 9.96. The van der Waals surface area contributed by atoms with Crippen molar-refractivity contribution in [2.45, 2.75) is 44.9 Å². The van der Waals surface area contributed by atoms with Crippen molar-refractivity contribution in [2.75, 3.05) is 17.7 Å². The molecular formula is C14H20ClN3. The zero-order valence-corrected chi connectivity index (χ0v) is 11.5. The van der Waals surface area contributed by atoms with Crippen molar-refractivity contribution in [3.8, 4) is 0 Å². The number of fused-ring (bicyclic) bond motifs is 1. The summed E-state index contributed by atoms with van der Waals surface area (Å²) in [5.41, 5.74) is 3.06. The summed E-state index contributed by atoms with van der Waals surface area (Å²) in [5.74, 6) is 1.84. The van der Waals surface area contributed by atoms with Gasteiger partial charge >= 0.3 is 0 Å². The Labute approximate surface area is 113 Å². The number of anilines is 1. The Bertz CT molecular complexity index is 429. The van der Waals surface area contributed by atoms with Crippen molar-refractivity contribution < 1.29 is 0 Å². The maximum absolute atomic E-state index is 5.87. The summed E-state index contributed by atoms with van der Waals surface area (Å²) < 4.78 is 0. The van der Waals surface area contributed by atoms with Gasteiger partial charge in [-0.2, -0.15) is 0 Å². The average molecular weight is 266 g/mol. The first-order chi connectivity index (χ1) is 8.83. The van der Waals surface area contributed by atoms with Crippen LogP contribution in [0.25, 0.3) is 0 Å². The van der Waals surface area contributed by atoms with Crippen molar-refractivity contribution in [3.63, 3.8) is 0 Å². The van der Waals surface area contributed by atoms with Crippen molar-refractivity contribution in [1.82, 2.24) is 9.97 Å². The topological polar surface area (TPSA) is 37.8 Å². The van der Waals surface area contributed by atoms with Gasteiger partial charge in [-0.05, 0) is 50.4 Å². The van der Waals surface area contributed by atoms with Crippen LogP contribution >= 0.6 is 11.6 Å². The molecule has 4 heteroatoms. The van der Waals surface area contributed by atoms with E-state index >= 15 is 0 Å². The first-order valence-corrected chi connectivity index (χ1v) is 7.49. The number of nitrogens with one attached hydrogen (secondary N) is 1. The quantitative estimate of drug-likeness (QED) is 0.831. The van der Waals surface area contributed by atoms with Crippen LogP contribution in [0.1, 0.15) is 43.4 Å². The molecule has 3 rings (SSSR count). The van der Waals surface area contributed by atoms with Gasteiger partial charge in [0.1, 0.15) is 12.1 Å². The zero-order chi connectivity index (χ0) is 12.4. The molecule has 2 aliphatic rings. The summed E-state index contributed by atoms with van der Waals surface area (Å²) in [6.45, 7) is 1.02. The van der Waals surface area contributed by atoms with E-state index in [1.165, 1.54) is 36.9 Å². The van der Waals surface area contributed by atoms with Crippen LogP contribution in [0.15, 0.2) is 6.33 Å². The van der Waals surface area contributed by atoms with E-state index in [9.17, 15) is 0 Å². The number of hydrogen-bond donors (Lipinski definition) is 1. The molecule has 0 atom stereocenters. The first kappa shape index (κ1) is 12.2. The normalized spacial score (nSPS) is 20.3. The molecule has 0 saturated heterocycles. The third-order valence-electron chi connectivity index (χ3n) is 4.34. The third kappa shape index (κ3) is 2.46. The molecule has 2 aliphatic carbocycles. The van der Waals surface area contributed by atoms with Crippen LogP contribution in [0.3, 0.4) is 0 Å². The van der Waals surface area contributed by atoms with Crippen LogP contribution in [0.5, 0.6) is 0 Å². The summed E-state index contributed by atoms with van der Waals surface area (Å²) in [6.07, 6.45) is 10.2. The van der Waals surface area contributed by atoms with E-state index in [0.29, 0.717) is 5.41 Å². The maximum atomic E-state index is 5.87. The number of aromatic nitrogens is 2. The van der Waals surface area contributed by atoms with Crippen LogP contribution in [-0.2, 0) is 12.8 Å². The Morgan fingerprint density at radius 3 is 2.83 bits per heavy atom. The Balaban J connectivity index is 1.69. The van der Waals surface area contributed by atoms with E-state index in [0.717, 1.165) is 37.5 Å². The van der Waals surface area contributed by atoms with Crippen LogP contribution in [-0.4, -0.2) is 22.4 Å². The molecule has 0 radical (unpaired) electrons. The van der Waals surface area contributed by atoms with Gasteiger partial charge in [0.15, 0.2) is 0 Å². The molecule has 3 nitrogen and oxygen atoms in total. The van der Waals surface area contributed by atoms with Gasteiger partial charge < -0.3 is 5.32 Å².